The maximum atomic E-state index is 14.4. The molecule has 6 nitrogen and oxygen atoms in total. The smallest absolute Gasteiger partial charge is 0.342 e. The fraction of sp³-hybridized carbons (Fsp3) is 0.417. The second kappa shape index (κ2) is 12.4. The highest BCUT2D eigenvalue weighted by molar-refractivity contribution is 6.08. The van der Waals surface area contributed by atoms with Crippen molar-refractivity contribution in [3.63, 3.8) is 0 Å². The van der Waals surface area contributed by atoms with E-state index < -0.39 is 23.1 Å². The summed E-state index contributed by atoms with van der Waals surface area (Å²) < 4.78 is 56.1. The normalized spacial score (nSPS) is 19.3. The fourth-order valence-electron chi connectivity index (χ4n) is 7.25. The number of hydrogen-bond acceptors (Lipinski definition) is 5. The van der Waals surface area contributed by atoms with Gasteiger partial charge in [0, 0.05) is 29.9 Å². The van der Waals surface area contributed by atoms with Crippen LogP contribution in [-0.4, -0.2) is 57.9 Å². The second-order valence-corrected chi connectivity index (χ2v) is 12.9. The lowest BCUT2D eigenvalue weighted by molar-refractivity contribution is -0.139. The van der Waals surface area contributed by atoms with Crippen molar-refractivity contribution in [2.45, 2.75) is 69.2 Å². The molecule has 0 atom stereocenters. The third-order valence-corrected chi connectivity index (χ3v) is 9.89. The monoisotopic (exact) mass is 631 g/mol. The number of nitrogens with one attached hydrogen (secondary N) is 1. The molecule has 2 aromatic carbocycles. The van der Waals surface area contributed by atoms with Gasteiger partial charge in [-0.15, -0.1) is 0 Å². The quantitative estimate of drug-likeness (QED) is 0.217. The van der Waals surface area contributed by atoms with E-state index in [1.807, 2.05) is 30.3 Å². The van der Waals surface area contributed by atoms with E-state index in [-0.39, 0.29) is 17.2 Å². The van der Waals surface area contributed by atoms with Gasteiger partial charge in [0.05, 0.1) is 27.9 Å². The predicted molar refractivity (Wildman–Crippen MR) is 168 cm³/mol. The van der Waals surface area contributed by atoms with Crippen LogP contribution in [0.4, 0.5) is 17.6 Å². The number of benzene rings is 2. The zero-order valence-electron chi connectivity index (χ0n) is 25.6. The SMILES string of the molecule is O=C(NC1(c2ccccc2)CC1)c1c(CN2CCC(N3CCCCC3)CC2)c(-c2ccc(F)c(C(F)(F)F)c2)nc2cccnc12. The van der Waals surface area contributed by atoms with Gasteiger partial charge in [-0.1, -0.05) is 36.8 Å². The summed E-state index contributed by atoms with van der Waals surface area (Å²) >= 11 is 0. The molecule has 2 aromatic heterocycles. The summed E-state index contributed by atoms with van der Waals surface area (Å²) in [7, 11) is 0. The number of rotatable bonds is 7. The number of piperidine rings is 2. The number of amides is 1. The molecule has 1 aliphatic carbocycles. The van der Waals surface area contributed by atoms with Crippen LogP contribution in [0.5, 0.6) is 0 Å². The van der Waals surface area contributed by atoms with Crippen molar-refractivity contribution < 1.29 is 22.4 Å². The largest absolute Gasteiger partial charge is 0.419 e. The van der Waals surface area contributed by atoms with Gasteiger partial charge in [0.2, 0.25) is 0 Å². The molecule has 0 spiro atoms. The van der Waals surface area contributed by atoms with Crippen LogP contribution in [0.25, 0.3) is 22.3 Å². The summed E-state index contributed by atoms with van der Waals surface area (Å²) in [5.41, 5.74) is 1.05. The zero-order valence-corrected chi connectivity index (χ0v) is 25.6. The minimum atomic E-state index is -4.89. The lowest BCUT2D eigenvalue weighted by atomic mass is 9.94. The summed E-state index contributed by atoms with van der Waals surface area (Å²) in [5.74, 6) is -1.69. The van der Waals surface area contributed by atoms with Crippen molar-refractivity contribution in [2.24, 2.45) is 0 Å². The summed E-state index contributed by atoms with van der Waals surface area (Å²) in [6.45, 7) is 4.12. The number of carbonyl (C=O) groups is 1. The maximum absolute atomic E-state index is 14.4. The average Bonchev–Trinajstić information content (AvgIpc) is 3.85. The van der Waals surface area contributed by atoms with E-state index in [1.165, 1.54) is 25.3 Å². The highest BCUT2D eigenvalue weighted by Crippen LogP contribution is 2.46. The predicted octanol–water partition coefficient (Wildman–Crippen LogP) is 7.32. The van der Waals surface area contributed by atoms with Crippen LogP contribution in [0, 0.1) is 5.82 Å². The molecule has 2 saturated heterocycles. The van der Waals surface area contributed by atoms with Crippen molar-refractivity contribution in [3.05, 3.63) is 94.9 Å². The first kappa shape index (κ1) is 30.7. The Hall–Kier alpha value is -3.89. The molecule has 2 aliphatic heterocycles. The number of nitrogens with zero attached hydrogens (tertiary/aromatic N) is 4. The Labute approximate surface area is 265 Å². The van der Waals surface area contributed by atoms with Gasteiger partial charge in [0.15, 0.2) is 0 Å². The molecule has 46 heavy (non-hydrogen) atoms. The number of pyridine rings is 2. The molecule has 4 aromatic rings. The van der Waals surface area contributed by atoms with Crippen molar-refractivity contribution in [1.29, 1.82) is 0 Å². The number of alkyl halides is 3. The van der Waals surface area contributed by atoms with Gasteiger partial charge < -0.3 is 10.2 Å². The minimum absolute atomic E-state index is 0.107. The fourth-order valence-corrected chi connectivity index (χ4v) is 7.25. The first-order valence-electron chi connectivity index (χ1n) is 16.2. The molecule has 0 unspecified atom stereocenters. The summed E-state index contributed by atoms with van der Waals surface area (Å²) in [6.07, 6.45) is 3.93. The van der Waals surface area contributed by atoms with Gasteiger partial charge in [0.1, 0.15) is 11.3 Å². The molecule has 240 valence electrons. The topological polar surface area (TPSA) is 61.4 Å². The molecular weight excluding hydrogens is 594 g/mol. The van der Waals surface area contributed by atoms with Crippen LogP contribution < -0.4 is 5.32 Å². The Morgan fingerprint density at radius 3 is 2.37 bits per heavy atom. The van der Waals surface area contributed by atoms with Crippen LogP contribution in [0.2, 0.25) is 0 Å². The maximum Gasteiger partial charge on any atom is 0.419 e. The molecule has 1 amide bonds. The zero-order chi connectivity index (χ0) is 31.9. The van der Waals surface area contributed by atoms with Crippen molar-refractivity contribution >= 4 is 16.9 Å². The second-order valence-electron chi connectivity index (χ2n) is 12.9. The lowest BCUT2D eigenvalue weighted by Gasteiger charge is -2.40. The van der Waals surface area contributed by atoms with E-state index in [1.54, 1.807) is 18.3 Å². The van der Waals surface area contributed by atoms with Crippen LogP contribution in [0.1, 0.15) is 72.0 Å². The van der Waals surface area contributed by atoms with E-state index in [0.29, 0.717) is 34.7 Å². The van der Waals surface area contributed by atoms with Crippen LogP contribution in [-0.2, 0) is 18.3 Å². The third kappa shape index (κ3) is 6.12. The molecule has 10 heteroatoms. The number of halogens is 4. The molecule has 4 heterocycles. The summed E-state index contributed by atoms with van der Waals surface area (Å²) in [4.78, 5) is 28.6. The van der Waals surface area contributed by atoms with Gasteiger partial charge in [-0.05, 0) is 101 Å². The Bertz CT molecular complexity index is 1730. The molecule has 0 radical (unpaired) electrons. The third-order valence-electron chi connectivity index (χ3n) is 9.89. The van der Waals surface area contributed by atoms with Gasteiger partial charge in [-0.2, -0.15) is 13.2 Å². The molecule has 3 aliphatic rings. The van der Waals surface area contributed by atoms with E-state index >= 15 is 0 Å². The molecule has 3 fully saturated rings. The highest BCUT2D eigenvalue weighted by Gasteiger charge is 2.46. The van der Waals surface area contributed by atoms with Crippen LogP contribution in [0.15, 0.2) is 66.9 Å². The van der Waals surface area contributed by atoms with Crippen molar-refractivity contribution in [3.8, 4) is 11.3 Å². The summed E-state index contributed by atoms with van der Waals surface area (Å²) in [6, 6.07) is 16.6. The first-order valence-corrected chi connectivity index (χ1v) is 16.2. The molecule has 1 N–H and O–H groups in total. The van der Waals surface area contributed by atoms with Crippen LogP contribution in [0.3, 0.4) is 0 Å². The van der Waals surface area contributed by atoms with E-state index in [0.717, 1.165) is 69.6 Å². The molecule has 1 saturated carbocycles. The van der Waals surface area contributed by atoms with Gasteiger partial charge in [0.25, 0.3) is 5.91 Å². The standard InChI is InChI=1S/C36H37F4N5O/c37-29-12-11-24(22-28(29)36(38,39)40)32-27(23-44-20-13-26(14-21-44)45-18-5-2-6-19-45)31(33-30(42-32)10-7-17-41-33)34(46)43-35(15-16-35)25-8-3-1-4-9-25/h1,3-4,7-12,17,22,26H,2,5-6,13-16,18-21,23H2,(H,43,46). The number of fused-ring (bicyclic) bond motifs is 1. The Morgan fingerprint density at radius 1 is 0.935 bits per heavy atom. The average molecular weight is 632 g/mol. The Morgan fingerprint density at radius 2 is 1.67 bits per heavy atom. The molecule has 0 bridgehead atoms. The van der Waals surface area contributed by atoms with E-state index in [4.69, 9.17) is 4.98 Å². The Balaban J connectivity index is 1.31. The summed E-state index contributed by atoms with van der Waals surface area (Å²) in [5, 5.41) is 3.27. The van der Waals surface area contributed by atoms with E-state index in [2.05, 4.69) is 20.1 Å². The van der Waals surface area contributed by atoms with Crippen LogP contribution >= 0.6 is 0 Å². The Kier molecular flexibility index (Phi) is 8.27. The number of hydrogen-bond donors (Lipinski definition) is 1. The minimum Gasteiger partial charge on any atom is -0.342 e. The number of likely N-dealkylation sites (tertiary alicyclic amines) is 2. The number of aromatic nitrogens is 2. The molecule has 7 rings (SSSR count). The van der Waals surface area contributed by atoms with Crippen molar-refractivity contribution in [1.82, 2.24) is 25.1 Å². The lowest BCUT2D eigenvalue weighted by Crippen LogP contribution is -2.46. The van der Waals surface area contributed by atoms with E-state index in [9.17, 15) is 22.4 Å². The number of carbonyl (C=O) groups excluding carboxylic acids is 1. The highest BCUT2D eigenvalue weighted by atomic mass is 19.4. The molecular formula is C36H37F4N5O. The first-order chi connectivity index (χ1) is 22.2. The van der Waals surface area contributed by atoms with Gasteiger partial charge in [-0.3, -0.25) is 14.7 Å². The van der Waals surface area contributed by atoms with Gasteiger partial charge >= 0.3 is 6.18 Å². The van der Waals surface area contributed by atoms with Gasteiger partial charge in [-0.25, -0.2) is 9.37 Å². The van der Waals surface area contributed by atoms with Crippen molar-refractivity contribution in [2.75, 3.05) is 26.2 Å².